The maximum absolute atomic E-state index is 12.3. The number of oxazole rings is 1. The summed E-state index contributed by atoms with van der Waals surface area (Å²) < 4.78 is 35.9. The van der Waals surface area contributed by atoms with Gasteiger partial charge >= 0.3 is 0 Å². The zero-order valence-corrected chi connectivity index (χ0v) is 21.0. The smallest absolute Gasteiger partial charge is 0.299 e. The van der Waals surface area contributed by atoms with Crippen molar-refractivity contribution in [3.05, 3.63) is 66.7 Å². The van der Waals surface area contributed by atoms with E-state index in [1.165, 1.54) is 19.2 Å². The summed E-state index contributed by atoms with van der Waals surface area (Å²) in [5.41, 5.74) is 3.07. The monoisotopic (exact) mass is 492 g/mol. The Morgan fingerprint density at radius 2 is 1.86 bits per heavy atom. The average Bonchev–Trinajstić information content (AvgIpc) is 3.32. The third-order valence-electron chi connectivity index (χ3n) is 5.40. The molecule has 0 radical (unpaired) electrons. The molecular weight excluding hydrogens is 464 g/mol. The molecule has 9 heteroatoms. The lowest BCUT2D eigenvalue weighted by atomic mass is 10.1. The topological polar surface area (TPSA) is 107 Å². The fourth-order valence-corrected chi connectivity index (χ4v) is 4.49. The summed E-state index contributed by atoms with van der Waals surface area (Å²) in [5, 5.41) is 3.03. The van der Waals surface area contributed by atoms with Crippen LogP contribution in [0.15, 0.2) is 70.2 Å². The van der Waals surface area contributed by atoms with Crippen molar-refractivity contribution in [1.82, 2.24) is 15.0 Å². The van der Waals surface area contributed by atoms with Crippen LogP contribution in [0.1, 0.15) is 26.6 Å². The SMILES string of the molecule is CCS(=O)(=O)c1ccc(OC)c(Nc2ncc(-c3cccc(-c4ccnc(CC(C)C)n4)c3)o2)c1. The molecule has 0 amide bonds. The summed E-state index contributed by atoms with van der Waals surface area (Å²) in [4.78, 5) is 13.6. The Morgan fingerprint density at radius 3 is 2.60 bits per heavy atom. The first-order valence-corrected chi connectivity index (χ1v) is 13.0. The van der Waals surface area contributed by atoms with Gasteiger partial charge in [-0.25, -0.2) is 23.4 Å². The molecule has 0 bridgehead atoms. The van der Waals surface area contributed by atoms with Crippen molar-refractivity contribution < 1.29 is 17.6 Å². The largest absolute Gasteiger partial charge is 0.495 e. The summed E-state index contributed by atoms with van der Waals surface area (Å²) in [5.74, 6) is 2.32. The number of methoxy groups -OCH3 is 1. The molecule has 2 aromatic heterocycles. The molecule has 0 saturated carbocycles. The first-order valence-electron chi connectivity index (χ1n) is 11.4. The van der Waals surface area contributed by atoms with Gasteiger partial charge in [-0.05, 0) is 36.2 Å². The van der Waals surface area contributed by atoms with Crippen molar-refractivity contribution in [2.24, 2.45) is 5.92 Å². The van der Waals surface area contributed by atoms with Gasteiger partial charge in [0.2, 0.25) is 0 Å². The zero-order valence-electron chi connectivity index (χ0n) is 20.1. The Balaban J connectivity index is 1.60. The number of benzene rings is 2. The molecule has 8 nitrogen and oxygen atoms in total. The maximum atomic E-state index is 12.3. The molecule has 4 rings (SSSR count). The molecule has 1 N–H and O–H groups in total. The fourth-order valence-electron chi connectivity index (χ4n) is 3.58. The Morgan fingerprint density at radius 1 is 1.06 bits per heavy atom. The Hall–Kier alpha value is -3.72. The zero-order chi connectivity index (χ0) is 25.0. The van der Waals surface area contributed by atoms with Crippen LogP contribution in [0.4, 0.5) is 11.7 Å². The number of sulfone groups is 1. The van der Waals surface area contributed by atoms with Crippen LogP contribution < -0.4 is 10.1 Å². The van der Waals surface area contributed by atoms with E-state index in [-0.39, 0.29) is 16.7 Å². The number of rotatable bonds is 9. The van der Waals surface area contributed by atoms with Gasteiger partial charge in [0.15, 0.2) is 15.6 Å². The number of aromatic nitrogens is 3. The third-order valence-corrected chi connectivity index (χ3v) is 7.13. The first kappa shape index (κ1) is 24.4. The Kier molecular flexibility index (Phi) is 7.16. The van der Waals surface area contributed by atoms with E-state index in [9.17, 15) is 8.42 Å². The van der Waals surface area contributed by atoms with E-state index in [4.69, 9.17) is 14.1 Å². The molecule has 0 unspecified atom stereocenters. The third kappa shape index (κ3) is 5.68. The van der Waals surface area contributed by atoms with E-state index in [0.717, 1.165) is 29.1 Å². The molecule has 2 heterocycles. The lowest BCUT2D eigenvalue weighted by Crippen LogP contribution is -2.05. The molecule has 0 aliphatic heterocycles. The number of hydrogen-bond donors (Lipinski definition) is 1. The minimum absolute atomic E-state index is 0.00353. The number of ether oxygens (including phenoxy) is 1. The van der Waals surface area contributed by atoms with Crippen molar-refractivity contribution in [3.63, 3.8) is 0 Å². The highest BCUT2D eigenvalue weighted by Crippen LogP contribution is 2.32. The first-order chi connectivity index (χ1) is 16.8. The molecule has 0 spiro atoms. The number of hydrogen-bond acceptors (Lipinski definition) is 8. The Bertz CT molecular complexity index is 1430. The van der Waals surface area contributed by atoms with Gasteiger partial charge in [-0.2, -0.15) is 0 Å². The van der Waals surface area contributed by atoms with Crippen molar-refractivity contribution >= 4 is 21.5 Å². The normalized spacial score (nSPS) is 11.6. The van der Waals surface area contributed by atoms with Crippen LogP contribution in [0.5, 0.6) is 5.75 Å². The standard InChI is InChI=1S/C26H28N4O4S/c1-5-35(31,32)20-9-10-23(33-4)22(15-20)30-26-28-16-24(34-26)19-8-6-7-18(14-19)21-11-12-27-25(29-21)13-17(2)3/h6-12,14-17H,5,13H2,1-4H3,(H,28,30). The average molecular weight is 493 g/mol. The lowest BCUT2D eigenvalue weighted by Gasteiger charge is -2.11. The van der Waals surface area contributed by atoms with Crippen LogP contribution in [0.3, 0.4) is 0 Å². The number of nitrogens with zero attached hydrogens (tertiary/aromatic N) is 3. The molecule has 182 valence electrons. The number of nitrogens with one attached hydrogen (secondary N) is 1. The summed E-state index contributed by atoms with van der Waals surface area (Å²) in [6.07, 6.45) is 4.21. The van der Waals surface area contributed by atoms with E-state index < -0.39 is 9.84 Å². The van der Waals surface area contributed by atoms with Crippen molar-refractivity contribution in [2.45, 2.75) is 32.1 Å². The summed E-state index contributed by atoms with van der Waals surface area (Å²) in [6.45, 7) is 5.88. The molecule has 35 heavy (non-hydrogen) atoms. The molecule has 0 atom stereocenters. The van der Waals surface area contributed by atoms with Crippen LogP contribution in [0.25, 0.3) is 22.6 Å². The van der Waals surface area contributed by atoms with E-state index >= 15 is 0 Å². The van der Waals surface area contributed by atoms with Crippen molar-refractivity contribution in [2.75, 3.05) is 18.2 Å². The van der Waals surface area contributed by atoms with Gasteiger partial charge in [0, 0.05) is 23.7 Å². The molecule has 4 aromatic rings. The number of anilines is 2. The van der Waals surface area contributed by atoms with Crippen molar-refractivity contribution in [3.8, 4) is 28.3 Å². The summed E-state index contributed by atoms with van der Waals surface area (Å²) >= 11 is 0. The van der Waals surface area contributed by atoms with Gasteiger partial charge in [-0.1, -0.05) is 39.0 Å². The minimum Gasteiger partial charge on any atom is -0.495 e. The summed E-state index contributed by atoms with van der Waals surface area (Å²) in [7, 11) is -1.86. The Labute approximate surface area is 205 Å². The predicted molar refractivity (Wildman–Crippen MR) is 136 cm³/mol. The highest BCUT2D eigenvalue weighted by atomic mass is 32.2. The predicted octanol–water partition coefficient (Wildman–Crippen LogP) is 5.54. The molecule has 0 aliphatic rings. The lowest BCUT2D eigenvalue weighted by molar-refractivity contribution is 0.416. The minimum atomic E-state index is -3.37. The van der Waals surface area contributed by atoms with Crippen LogP contribution in [0.2, 0.25) is 0 Å². The van der Waals surface area contributed by atoms with Gasteiger partial charge in [-0.3, -0.25) is 0 Å². The second-order valence-corrected chi connectivity index (χ2v) is 10.7. The van der Waals surface area contributed by atoms with Gasteiger partial charge in [0.05, 0.1) is 35.3 Å². The molecule has 0 fully saturated rings. The maximum Gasteiger partial charge on any atom is 0.299 e. The van der Waals surface area contributed by atoms with Crippen LogP contribution in [0, 0.1) is 5.92 Å². The van der Waals surface area contributed by atoms with E-state index in [1.54, 1.807) is 25.4 Å². The van der Waals surface area contributed by atoms with E-state index in [0.29, 0.717) is 23.1 Å². The van der Waals surface area contributed by atoms with Gasteiger partial charge in [0.25, 0.3) is 6.01 Å². The van der Waals surface area contributed by atoms with Gasteiger partial charge < -0.3 is 14.5 Å². The van der Waals surface area contributed by atoms with Crippen LogP contribution in [-0.4, -0.2) is 36.2 Å². The second-order valence-electron chi connectivity index (χ2n) is 8.46. The van der Waals surface area contributed by atoms with Gasteiger partial charge in [-0.15, -0.1) is 0 Å². The molecule has 0 aliphatic carbocycles. The molecule has 0 saturated heterocycles. The second kappa shape index (κ2) is 10.3. The summed E-state index contributed by atoms with van der Waals surface area (Å²) in [6, 6.07) is 14.6. The molecule has 2 aromatic carbocycles. The van der Waals surface area contributed by atoms with E-state index in [2.05, 4.69) is 29.1 Å². The molecular formula is C26H28N4O4S. The van der Waals surface area contributed by atoms with Gasteiger partial charge in [0.1, 0.15) is 11.6 Å². The highest BCUT2D eigenvalue weighted by molar-refractivity contribution is 7.91. The van der Waals surface area contributed by atoms with Crippen LogP contribution >= 0.6 is 0 Å². The quantitative estimate of drug-likeness (QED) is 0.324. The van der Waals surface area contributed by atoms with Crippen molar-refractivity contribution in [1.29, 1.82) is 0 Å². The van der Waals surface area contributed by atoms with E-state index in [1.807, 2.05) is 30.3 Å². The fraction of sp³-hybridized carbons (Fsp3) is 0.269. The van der Waals surface area contributed by atoms with Crippen LogP contribution in [-0.2, 0) is 16.3 Å². The highest BCUT2D eigenvalue weighted by Gasteiger charge is 2.16.